The minimum atomic E-state index is -1.49. The second-order valence-electron chi connectivity index (χ2n) is 2.87. The third-order valence-corrected chi connectivity index (χ3v) is 1.93. The van der Waals surface area contributed by atoms with Crippen LogP contribution in [-0.2, 0) is 9.59 Å². The van der Waals surface area contributed by atoms with Gasteiger partial charge in [0.1, 0.15) is 5.75 Å². The molecular weight excluding hydrogens is 198 g/mol. The summed E-state index contributed by atoms with van der Waals surface area (Å²) in [7, 11) is 2.89. The van der Waals surface area contributed by atoms with Crippen molar-refractivity contribution in [3.63, 3.8) is 0 Å². The predicted molar refractivity (Wildman–Crippen MR) is 54.0 cm³/mol. The molecule has 0 aromatic heterocycles. The molecule has 15 heavy (non-hydrogen) atoms. The summed E-state index contributed by atoms with van der Waals surface area (Å²) in [6, 6.07) is 6.60. The fourth-order valence-corrected chi connectivity index (χ4v) is 1.08. The molecule has 1 aromatic rings. The van der Waals surface area contributed by atoms with E-state index in [0.29, 0.717) is 11.4 Å². The van der Waals surface area contributed by atoms with Gasteiger partial charge in [0.2, 0.25) is 0 Å². The lowest BCUT2D eigenvalue weighted by Gasteiger charge is -2.15. The maximum Gasteiger partial charge on any atom is 0.394 e. The van der Waals surface area contributed by atoms with Gasteiger partial charge in [-0.3, -0.25) is 4.79 Å². The Morgan fingerprint density at radius 3 is 2.60 bits per heavy atom. The Labute approximate surface area is 86.9 Å². The molecule has 0 aliphatic rings. The van der Waals surface area contributed by atoms with Crippen molar-refractivity contribution >= 4 is 17.6 Å². The first-order valence-corrected chi connectivity index (χ1v) is 4.21. The van der Waals surface area contributed by atoms with Crippen molar-refractivity contribution in [3.05, 3.63) is 24.3 Å². The summed E-state index contributed by atoms with van der Waals surface area (Å²) in [5, 5.41) is 8.52. The van der Waals surface area contributed by atoms with Crippen LogP contribution >= 0.6 is 0 Å². The average Bonchev–Trinajstić information content (AvgIpc) is 2.27. The average molecular weight is 209 g/mol. The van der Waals surface area contributed by atoms with E-state index in [-0.39, 0.29) is 0 Å². The molecule has 0 fully saturated rings. The second kappa shape index (κ2) is 4.45. The van der Waals surface area contributed by atoms with Gasteiger partial charge in [-0.05, 0) is 12.1 Å². The number of anilines is 1. The molecule has 0 aliphatic carbocycles. The van der Waals surface area contributed by atoms with Crippen molar-refractivity contribution in [1.82, 2.24) is 0 Å². The van der Waals surface area contributed by atoms with Crippen molar-refractivity contribution in [3.8, 4) is 5.75 Å². The molecular formula is C10H11NO4. The molecule has 0 radical (unpaired) electrons. The highest BCUT2D eigenvalue weighted by molar-refractivity contribution is 6.37. The first-order chi connectivity index (χ1) is 7.06. The first kappa shape index (κ1) is 11.0. The van der Waals surface area contributed by atoms with Crippen LogP contribution in [0.1, 0.15) is 0 Å². The van der Waals surface area contributed by atoms with E-state index >= 15 is 0 Å². The van der Waals surface area contributed by atoms with Gasteiger partial charge in [-0.2, -0.15) is 0 Å². The van der Waals surface area contributed by atoms with E-state index in [0.717, 1.165) is 4.90 Å². The number of nitrogens with zero attached hydrogens (tertiary/aromatic N) is 1. The highest BCUT2D eigenvalue weighted by atomic mass is 16.5. The number of carbonyl (C=O) groups excluding carboxylic acids is 1. The van der Waals surface area contributed by atoms with Gasteiger partial charge >= 0.3 is 11.9 Å². The minimum Gasteiger partial charge on any atom is -0.497 e. The molecule has 0 aliphatic heterocycles. The molecule has 0 unspecified atom stereocenters. The number of methoxy groups -OCH3 is 1. The fraction of sp³-hybridized carbons (Fsp3) is 0.200. The zero-order valence-corrected chi connectivity index (χ0v) is 8.43. The predicted octanol–water partition coefficient (Wildman–Crippen LogP) is 0.743. The van der Waals surface area contributed by atoms with Crippen LogP contribution in [-0.4, -0.2) is 31.1 Å². The normalized spacial score (nSPS) is 9.47. The molecule has 0 atom stereocenters. The van der Waals surface area contributed by atoms with E-state index in [1.54, 1.807) is 24.3 Å². The Balaban J connectivity index is 2.95. The quantitative estimate of drug-likeness (QED) is 0.729. The van der Waals surface area contributed by atoms with Crippen molar-refractivity contribution in [2.45, 2.75) is 0 Å². The Morgan fingerprint density at radius 2 is 2.07 bits per heavy atom. The van der Waals surface area contributed by atoms with Crippen LogP contribution in [0.25, 0.3) is 0 Å². The van der Waals surface area contributed by atoms with E-state index in [4.69, 9.17) is 9.84 Å². The topological polar surface area (TPSA) is 66.8 Å². The van der Waals surface area contributed by atoms with E-state index in [9.17, 15) is 9.59 Å². The summed E-state index contributed by atoms with van der Waals surface area (Å²) in [6.07, 6.45) is 0. The highest BCUT2D eigenvalue weighted by Crippen LogP contribution is 2.19. The number of aliphatic carboxylic acids is 1. The molecule has 0 saturated heterocycles. The number of carbonyl (C=O) groups is 2. The molecule has 0 heterocycles. The molecule has 1 aromatic carbocycles. The summed E-state index contributed by atoms with van der Waals surface area (Å²) in [6.45, 7) is 0. The Kier molecular flexibility index (Phi) is 3.28. The number of hydrogen-bond donors (Lipinski definition) is 1. The molecule has 1 amide bonds. The van der Waals surface area contributed by atoms with Gasteiger partial charge in [0.25, 0.3) is 0 Å². The summed E-state index contributed by atoms with van der Waals surface area (Å²) < 4.78 is 4.96. The number of hydrogen-bond acceptors (Lipinski definition) is 3. The highest BCUT2D eigenvalue weighted by Gasteiger charge is 2.18. The molecule has 1 rings (SSSR count). The summed E-state index contributed by atoms with van der Waals surface area (Å²) >= 11 is 0. The van der Waals surface area contributed by atoms with Gasteiger partial charge in [0.15, 0.2) is 0 Å². The molecule has 0 saturated carbocycles. The Hall–Kier alpha value is -2.04. The molecule has 1 N–H and O–H groups in total. The maximum atomic E-state index is 11.1. The number of carboxylic acid groups (broad SMARTS) is 1. The fourth-order valence-electron chi connectivity index (χ4n) is 1.08. The van der Waals surface area contributed by atoms with Crippen LogP contribution in [0.3, 0.4) is 0 Å². The number of amides is 1. The van der Waals surface area contributed by atoms with Crippen molar-refractivity contribution in [2.75, 3.05) is 19.1 Å². The number of likely N-dealkylation sites (N-methyl/N-ethyl adjacent to an activating group) is 1. The number of benzene rings is 1. The van der Waals surface area contributed by atoms with Gasteiger partial charge in [0, 0.05) is 18.8 Å². The summed E-state index contributed by atoms with van der Waals surface area (Å²) in [5.41, 5.74) is 0.474. The largest absolute Gasteiger partial charge is 0.497 e. The summed E-state index contributed by atoms with van der Waals surface area (Å²) in [4.78, 5) is 22.6. The lowest BCUT2D eigenvalue weighted by atomic mass is 10.3. The Morgan fingerprint density at radius 1 is 1.40 bits per heavy atom. The summed E-state index contributed by atoms with van der Waals surface area (Å²) in [5.74, 6) is -1.90. The minimum absolute atomic E-state index is 0.474. The van der Waals surface area contributed by atoms with E-state index in [1.807, 2.05) is 0 Å². The third-order valence-electron chi connectivity index (χ3n) is 1.93. The third kappa shape index (κ3) is 2.46. The number of ether oxygens (including phenoxy) is 1. The van der Waals surface area contributed by atoms with Gasteiger partial charge < -0.3 is 14.7 Å². The molecule has 0 spiro atoms. The first-order valence-electron chi connectivity index (χ1n) is 4.21. The molecule has 5 heteroatoms. The van der Waals surface area contributed by atoms with Crippen LogP contribution in [0.2, 0.25) is 0 Å². The second-order valence-corrected chi connectivity index (χ2v) is 2.87. The maximum absolute atomic E-state index is 11.1. The van der Waals surface area contributed by atoms with E-state index in [2.05, 4.69) is 0 Å². The van der Waals surface area contributed by atoms with E-state index < -0.39 is 11.9 Å². The van der Waals surface area contributed by atoms with Crippen LogP contribution in [0.4, 0.5) is 5.69 Å². The number of rotatable bonds is 2. The zero-order valence-electron chi connectivity index (χ0n) is 8.43. The standard InChI is InChI=1S/C10H11NO4/c1-11(9(12)10(13)14)7-4-3-5-8(6-7)15-2/h3-6H,1-2H3,(H,13,14). The molecule has 0 bridgehead atoms. The smallest absolute Gasteiger partial charge is 0.394 e. The molecule has 80 valence electrons. The lowest BCUT2D eigenvalue weighted by molar-refractivity contribution is -0.148. The van der Waals surface area contributed by atoms with Crippen molar-refractivity contribution < 1.29 is 19.4 Å². The van der Waals surface area contributed by atoms with E-state index in [1.165, 1.54) is 14.2 Å². The van der Waals surface area contributed by atoms with Gasteiger partial charge in [-0.25, -0.2) is 4.79 Å². The number of carboxylic acids is 1. The monoisotopic (exact) mass is 209 g/mol. The SMILES string of the molecule is COc1cccc(N(C)C(=O)C(=O)O)c1. The van der Waals surface area contributed by atoms with Crippen LogP contribution in [0, 0.1) is 0 Å². The van der Waals surface area contributed by atoms with Crippen molar-refractivity contribution in [2.24, 2.45) is 0 Å². The van der Waals surface area contributed by atoms with Crippen molar-refractivity contribution in [1.29, 1.82) is 0 Å². The Bertz CT molecular complexity index is 389. The zero-order chi connectivity index (χ0) is 11.4. The molecule has 5 nitrogen and oxygen atoms in total. The van der Waals surface area contributed by atoms with Gasteiger partial charge in [0.05, 0.1) is 7.11 Å². The lowest BCUT2D eigenvalue weighted by Crippen LogP contribution is -2.32. The van der Waals surface area contributed by atoms with Crippen LogP contribution < -0.4 is 9.64 Å². The van der Waals surface area contributed by atoms with Gasteiger partial charge in [-0.1, -0.05) is 6.07 Å². The van der Waals surface area contributed by atoms with Gasteiger partial charge in [-0.15, -0.1) is 0 Å². The van der Waals surface area contributed by atoms with Crippen LogP contribution in [0.5, 0.6) is 5.75 Å². The van der Waals surface area contributed by atoms with Crippen LogP contribution in [0.15, 0.2) is 24.3 Å².